The third-order valence-electron chi connectivity index (χ3n) is 6.25. The Morgan fingerprint density at radius 2 is 1.88 bits per heavy atom. The van der Waals surface area contributed by atoms with E-state index in [1.54, 1.807) is 19.4 Å². The Kier molecular flexibility index (Phi) is 5.49. The summed E-state index contributed by atoms with van der Waals surface area (Å²) >= 11 is 0. The minimum Gasteiger partial charge on any atom is -0.452 e. The lowest BCUT2D eigenvalue weighted by Crippen LogP contribution is -2.37. The Bertz CT molecular complexity index is 1350. The molecule has 0 bridgehead atoms. The molecular formula is C24H25N5O3S. The van der Waals surface area contributed by atoms with Gasteiger partial charge in [-0.05, 0) is 31.0 Å². The van der Waals surface area contributed by atoms with E-state index >= 15 is 0 Å². The van der Waals surface area contributed by atoms with Crippen molar-refractivity contribution >= 4 is 33.5 Å². The number of carbonyl (C=O) groups excluding carboxylic acids is 1. The molecule has 5 rings (SSSR count). The van der Waals surface area contributed by atoms with E-state index in [2.05, 4.69) is 10.1 Å². The number of nitrogen functional groups attached to an aromatic ring is 1. The standard InChI is InChI=1S/C24H25N5O3S/c1-15(30)28-9-7-18(8-10-28)29-14-17(12-27-29)21-13-26-24(25)23-20(21)11-22(32-23)16-3-5-19(6-4-16)33(2)31/h3-6,11-14,18H,7-10H2,1-2H3,(H2,25,26). The van der Waals surface area contributed by atoms with Crippen LogP contribution in [0.3, 0.4) is 0 Å². The van der Waals surface area contributed by atoms with Crippen molar-refractivity contribution in [1.29, 1.82) is 0 Å². The zero-order chi connectivity index (χ0) is 23.1. The first-order valence-electron chi connectivity index (χ1n) is 10.8. The average molecular weight is 464 g/mol. The van der Waals surface area contributed by atoms with Crippen molar-refractivity contribution in [3.63, 3.8) is 0 Å². The summed E-state index contributed by atoms with van der Waals surface area (Å²) in [4.78, 5) is 18.6. The second-order valence-electron chi connectivity index (χ2n) is 8.34. The van der Waals surface area contributed by atoms with Gasteiger partial charge in [-0.15, -0.1) is 0 Å². The van der Waals surface area contributed by atoms with E-state index in [-0.39, 0.29) is 11.9 Å². The molecule has 9 heteroatoms. The summed E-state index contributed by atoms with van der Waals surface area (Å²) in [5.41, 5.74) is 9.36. The van der Waals surface area contributed by atoms with Gasteiger partial charge in [0.25, 0.3) is 0 Å². The smallest absolute Gasteiger partial charge is 0.219 e. The summed E-state index contributed by atoms with van der Waals surface area (Å²) < 4.78 is 19.7. The zero-order valence-corrected chi connectivity index (χ0v) is 19.3. The summed E-state index contributed by atoms with van der Waals surface area (Å²) in [6.07, 6.45) is 9.03. The van der Waals surface area contributed by atoms with Gasteiger partial charge in [-0.2, -0.15) is 5.10 Å². The molecule has 0 aliphatic carbocycles. The fraction of sp³-hybridized carbons (Fsp3) is 0.292. The average Bonchev–Trinajstić information content (AvgIpc) is 3.48. The van der Waals surface area contributed by atoms with Gasteiger partial charge in [-0.3, -0.25) is 13.7 Å². The molecule has 2 N–H and O–H groups in total. The van der Waals surface area contributed by atoms with Crippen molar-refractivity contribution in [2.75, 3.05) is 25.1 Å². The maximum Gasteiger partial charge on any atom is 0.219 e. The van der Waals surface area contributed by atoms with Crippen molar-refractivity contribution in [3.8, 4) is 22.5 Å². The molecule has 4 heterocycles. The molecule has 1 unspecified atom stereocenters. The van der Waals surface area contributed by atoms with Gasteiger partial charge in [-0.1, -0.05) is 12.1 Å². The summed E-state index contributed by atoms with van der Waals surface area (Å²) in [6, 6.07) is 9.68. The lowest BCUT2D eigenvalue weighted by molar-refractivity contribution is -0.130. The quantitative estimate of drug-likeness (QED) is 0.492. The van der Waals surface area contributed by atoms with Gasteiger partial charge in [0.15, 0.2) is 11.4 Å². The predicted octanol–water partition coefficient (Wildman–Crippen LogP) is 3.86. The Hall–Kier alpha value is -3.46. The van der Waals surface area contributed by atoms with Crippen LogP contribution in [0.1, 0.15) is 25.8 Å². The van der Waals surface area contributed by atoms with Crippen LogP contribution in [-0.2, 0) is 15.6 Å². The second-order valence-corrected chi connectivity index (χ2v) is 9.71. The normalized spacial score (nSPS) is 15.8. The van der Waals surface area contributed by atoms with Crippen molar-refractivity contribution in [2.45, 2.75) is 30.7 Å². The number of pyridine rings is 1. The van der Waals surface area contributed by atoms with Crippen LogP contribution in [0.25, 0.3) is 33.4 Å². The molecule has 1 atom stereocenters. The molecule has 1 saturated heterocycles. The van der Waals surface area contributed by atoms with E-state index in [4.69, 9.17) is 10.2 Å². The highest BCUT2D eigenvalue weighted by molar-refractivity contribution is 7.84. The summed E-state index contributed by atoms with van der Waals surface area (Å²) in [6.45, 7) is 3.11. The monoisotopic (exact) mass is 463 g/mol. The van der Waals surface area contributed by atoms with Crippen molar-refractivity contribution < 1.29 is 13.4 Å². The van der Waals surface area contributed by atoms with Crippen LogP contribution in [0.5, 0.6) is 0 Å². The van der Waals surface area contributed by atoms with Crippen molar-refractivity contribution in [3.05, 3.63) is 48.9 Å². The van der Waals surface area contributed by atoms with Gasteiger partial charge in [0.05, 0.1) is 12.2 Å². The summed E-state index contributed by atoms with van der Waals surface area (Å²) in [5, 5.41) is 5.47. The van der Waals surface area contributed by atoms with E-state index < -0.39 is 10.8 Å². The molecule has 33 heavy (non-hydrogen) atoms. The summed E-state index contributed by atoms with van der Waals surface area (Å²) in [5.74, 6) is 1.12. The number of furan rings is 1. The van der Waals surface area contributed by atoms with Gasteiger partial charge in [-0.25, -0.2) is 4.98 Å². The van der Waals surface area contributed by atoms with Crippen molar-refractivity contribution in [2.24, 2.45) is 0 Å². The molecule has 1 aromatic carbocycles. The number of nitrogens with two attached hydrogens (primary N) is 1. The Morgan fingerprint density at radius 1 is 1.15 bits per heavy atom. The number of benzene rings is 1. The van der Waals surface area contributed by atoms with Crippen LogP contribution in [0.15, 0.2) is 58.2 Å². The molecule has 4 aromatic rings. The van der Waals surface area contributed by atoms with Gasteiger partial charge in [0, 0.05) is 76.4 Å². The molecule has 1 aliphatic heterocycles. The van der Waals surface area contributed by atoms with Gasteiger partial charge in [0.2, 0.25) is 5.91 Å². The van der Waals surface area contributed by atoms with E-state index in [1.807, 2.05) is 52.3 Å². The minimum absolute atomic E-state index is 0.123. The number of hydrogen-bond donors (Lipinski definition) is 1. The number of aromatic nitrogens is 3. The first kappa shape index (κ1) is 21.4. The number of carbonyl (C=O) groups is 1. The number of rotatable bonds is 4. The maximum atomic E-state index is 11.7. The maximum absolute atomic E-state index is 11.7. The van der Waals surface area contributed by atoms with Crippen molar-refractivity contribution in [1.82, 2.24) is 19.7 Å². The molecule has 1 amide bonds. The second kappa shape index (κ2) is 8.47. The van der Waals surface area contributed by atoms with E-state index in [1.165, 1.54) is 0 Å². The number of fused-ring (bicyclic) bond motifs is 1. The molecule has 3 aromatic heterocycles. The largest absolute Gasteiger partial charge is 0.452 e. The molecule has 1 aliphatic rings. The van der Waals surface area contributed by atoms with E-state index in [0.29, 0.717) is 17.2 Å². The fourth-order valence-electron chi connectivity index (χ4n) is 4.35. The van der Waals surface area contributed by atoms with Gasteiger partial charge >= 0.3 is 0 Å². The number of hydrogen-bond acceptors (Lipinski definition) is 6. The highest BCUT2D eigenvalue weighted by atomic mass is 32.2. The Morgan fingerprint density at radius 3 is 2.55 bits per heavy atom. The SMILES string of the molecule is CC(=O)N1CCC(n2cc(-c3cnc(N)c4oc(-c5ccc(S(C)=O)cc5)cc34)cn2)CC1. The number of amides is 1. The van der Waals surface area contributed by atoms with Gasteiger partial charge in [0.1, 0.15) is 5.76 Å². The Balaban J connectivity index is 1.46. The number of nitrogens with zero attached hydrogens (tertiary/aromatic N) is 4. The zero-order valence-electron chi connectivity index (χ0n) is 18.5. The molecule has 0 radical (unpaired) electrons. The minimum atomic E-state index is -1.03. The molecule has 0 spiro atoms. The number of anilines is 1. The summed E-state index contributed by atoms with van der Waals surface area (Å²) in [7, 11) is -1.03. The van der Waals surface area contributed by atoms with E-state index in [9.17, 15) is 9.00 Å². The predicted molar refractivity (Wildman–Crippen MR) is 128 cm³/mol. The van der Waals surface area contributed by atoms with Crippen LogP contribution < -0.4 is 5.73 Å². The van der Waals surface area contributed by atoms with Crippen LogP contribution in [0, 0.1) is 0 Å². The highest BCUT2D eigenvalue weighted by Crippen LogP contribution is 2.37. The molecule has 1 fully saturated rings. The first-order valence-corrected chi connectivity index (χ1v) is 12.4. The highest BCUT2D eigenvalue weighted by Gasteiger charge is 2.23. The van der Waals surface area contributed by atoms with Crippen LogP contribution in [0.4, 0.5) is 5.82 Å². The lowest BCUT2D eigenvalue weighted by Gasteiger charge is -2.31. The topological polar surface area (TPSA) is 107 Å². The Labute approximate surface area is 193 Å². The van der Waals surface area contributed by atoms with Crippen LogP contribution >= 0.6 is 0 Å². The third kappa shape index (κ3) is 4.04. The van der Waals surface area contributed by atoms with Crippen LogP contribution in [-0.4, -0.2) is 49.1 Å². The number of likely N-dealkylation sites (tertiary alicyclic amines) is 1. The van der Waals surface area contributed by atoms with Crippen LogP contribution in [0.2, 0.25) is 0 Å². The molecular weight excluding hydrogens is 438 g/mol. The molecule has 8 nitrogen and oxygen atoms in total. The van der Waals surface area contributed by atoms with Gasteiger partial charge < -0.3 is 15.1 Å². The third-order valence-corrected chi connectivity index (χ3v) is 7.19. The lowest BCUT2D eigenvalue weighted by atomic mass is 10.0. The first-order chi connectivity index (χ1) is 15.9. The molecule has 0 saturated carbocycles. The van der Waals surface area contributed by atoms with E-state index in [0.717, 1.165) is 52.9 Å². The fourth-order valence-corrected chi connectivity index (χ4v) is 4.87. The molecule has 170 valence electrons. The number of piperidine rings is 1.